The van der Waals surface area contributed by atoms with E-state index < -0.39 is 9.85 Å². The van der Waals surface area contributed by atoms with E-state index in [0.717, 1.165) is 11.1 Å². The number of benzene rings is 4. The second-order valence-electron chi connectivity index (χ2n) is 8.48. The van der Waals surface area contributed by atoms with Gasteiger partial charge in [-0.3, -0.25) is 20.2 Å². The summed E-state index contributed by atoms with van der Waals surface area (Å²) in [5, 5.41) is 21.6. The summed E-state index contributed by atoms with van der Waals surface area (Å²) >= 11 is 0. The molecule has 0 aliphatic heterocycles. The summed E-state index contributed by atoms with van der Waals surface area (Å²) in [4.78, 5) is 20.7. The van der Waals surface area contributed by atoms with Gasteiger partial charge in [0.2, 0.25) is 0 Å². The molecule has 4 N–H and O–H groups in total. The van der Waals surface area contributed by atoms with Gasteiger partial charge in [0, 0.05) is 24.3 Å². The molecule has 0 heterocycles. The summed E-state index contributed by atoms with van der Waals surface area (Å²) in [5.74, 6) is 1.94. The van der Waals surface area contributed by atoms with Gasteiger partial charge in [-0.15, -0.1) is 0 Å². The van der Waals surface area contributed by atoms with Crippen molar-refractivity contribution in [2.75, 3.05) is 11.5 Å². The van der Waals surface area contributed by atoms with E-state index in [2.05, 4.69) is 6.92 Å². The van der Waals surface area contributed by atoms with Crippen molar-refractivity contribution in [3.05, 3.63) is 116 Å². The first kappa shape index (κ1) is 25.0. The van der Waals surface area contributed by atoms with E-state index in [1.807, 2.05) is 24.3 Å². The van der Waals surface area contributed by atoms with Crippen LogP contribution in [-0.4, -0.2) is 9.85 Å². The van der Waals surface area contributed by atoms with Gasteiger partial charge in [-0.2, -0.15) is 0 Å². The number of anilines is 2. The van der Waals surface area contributed by atoms with Crippen LogP contribution in [0.4, 0.5) is 22.7 Å². The molecule has 188 valence electrons. The number of non-ortho nitro benzene ring substituents is 2. The zero-order chi connectivity index (χ0) is 26.5. The quantitative estimate of drug-likeness (QED) is 0.148. The molecule has 0 spiro atoms. The van der Waals surface area contributed by atoms with Crippen LogP contribution in [0.25, 0.3) is 0 Å². The Kier molecular flexibility index (Phi) is 7.19. The minimum atomic E-state index is -0.471. The number of nitrogens with two attached hydrogens (primary N) is 2. The molecule has 0 radical (unpaired) electrons. The van der Waals surface area contributed by atoms with Crippen LogP contribution in [0, 0.1) is 20.2 Å². The van der Waals surface area contributed by atoms with E-state index in [1.54, 1.807) is 12.1 Å². The van der Waals surface area contributed by atoms with Crippen LogP contribution in [0.3, 0.4) is 0 Å². The van der Waals surface area contributed by atoms with Gasteiger partial charge in [-0.05, 0) is 72.0 Å². The zero-order valence-electron chi connectivity index (χ0n) is 19.9. The van der Waals surface area contributed by atoms with Crippen LogP contribution < -0.4 is 20.9 Å². The van der Waals surface area contributed by atoms with Crippen LogP contribution in [0.15, 0.2) is 84.9 Å². The van der Waals surface area contributed by atoms with Crippen molar-refractivity contribution in [3.8, 4) is 23.0 Å². The molecule has 4 rings (SSSR count). The Morgan fingerprint density at radius 1 is 0.703 bits per heavy atom. The zero-order valence-corrected chi connectivity index (χ0v) is 19.9. The molecular formula is C27H24N4O6. The Labute approximate surface area is 212 Å². The van der Waals surface area contributed by atoms with Gasteiger partial charge in [0.1, 0.15) is 23.0 Å². The number of hydrogen-bond acceptors (Lipinski definition) is 8. The fourth-order valence-corrected chi connectivity index (χ4v) is 3.78. The largest absolute Gasteiger partial charge is 0.455 e. The molecular weight excluding hydrogens is 476 g/mol. The SMILES string of the molecule is CC(Cc1ccc(Oc2ccc([N+](=O)[O-])cc2)c(N)c1)c1ccc(Oc2ccc([N+](=O)[O-])cc2)c(N)c1. The van der Waals surface area contributed by atoms with Gasteiger partial charge in [0.25, 0.3) is 11.4 Å². The maximum absolute atomic E-state index is 10.8. The van der Waals surface area contributed by atoms with Crippen molar-refractivity contribution in [2.24, 2.45) is 0 Å². The minimum Gasteiger partial charge on any atom is -0.455 e. The topological polar surface area (TPSA) is 157 Å². The highest BCUT2D eigenvalue weighted by atomic mass is 16.6. The lowest BCUT2D eigenvalue weighted by Gasteiger charge is -2.16. The third-order valence-electron chi connectivity index (χ3n) is 5.77. The highest BCUT2D eigenvalue weighted by molar-refractivity contribution is 5.58. The number of nitrogen functional groups attached to an aromatic ring is 2. The smallest absolute Gasteiger partial charge is 0.269 e. The molecule has 0 amide bonds. The maximum atomic E-state index is 10.8. The molecule has 10 nitrogen and oxygen atoms in total. The molecule has 4 aromatic rings. The molecule has 1 atom stereocenters. The first-order valence-corrected chi connectivity index (χ1v) is 11.3. The lowest BCUT2D eigenvalue weighted by Crippen LogP contribution is -2.02. The van der Waals surface area contributed by atoms with E-state index >= 15 is 0 Å². The second-order valence-corrected chi connectivity index (χ2v) is 8.48. The van der Waals surface area contributed by atoms with Crippen LogP contribution in [0.5, 0.6) is 23.0 Å². The summed E-state index contributed by atoms with van der Waals surface area (Å²) in [6.07, 6.45) is 0.698. The van der Waals surface area contributed by atoms with Crippen LogP contribution >= 0.6 is 0 Å². The average molecular weight is 501 g/mol. The van der Waals surface area contributed by atoms with Crippen molar-refractivity contribution in [1.82, 2.24) is 0 Å². The maximum Gasteiger partial charge on any atom is 0.269 e. The number of nitro benzene ring substituents is 2. The predicted octanol–water partition coefficient (Wildman–Crippen LogP) is 6.60. The standard InChI is InChI=1S/C27H24N4O6/c1-17(19-3-13-27(25(29)16-19)37-23-10-6-21(7-11-23)31(34)35)14-18-2-12-26(24(28)15-18)36-22-8-4-20(5-9-22)30(32)33/h2-13,15-17H,14,28-29H2,1H3. The Balaban J connectivity index is 1.40. The van der Waals surface area contributed by atoms with Gasteiger partial charge < -0.3 is 20.9 Å². The molecule has 0 bridgehead atoms. The molecule has 10 heteroatoms. The lowest BCUT2D eigenvalue weighted by atomic mass is 9.93. The van der Waals surface area contributed by atoms with E-state index in [9.17, 15) is 20.2 Å². The summed E-state index contributed by atoms with van der Waals surface area (Å²) in [7, 11) is 0. The van der Waals surface area contributed by atoms with Crippen LogP contribution in [-0.2, 0) is 6.42 Å². The average Bonchev–Trinajstić information content (AvgIpc) is 2.87. The van der Waals surface area contributed by atoms with E-state index in [4.69, 9.17) is 20.9 Å². The fourth-order valence-electron chi connectivity index (χ4n) is 3.78. The normalized spacial score (nSPS) is 11.5. The Morgan fingerprint density at radius 2 is 1.16 bits per heavy atom. The second kappa shape index (κ2) is 10.6. The molecule has 4 aromatic carbocycles. The summed E-state index contributed by atoms with van der Waals surface area (Å²) in [5.41, 5.74) is 15.3. The molecule has 0 aliphatic carbocycles. The van der Waals surface area contributed by atoms with Crippen LogP contribution in [0.1, 0.15) is 24.0 Å². The molecule has 0 saturated heterocycles. The molecule has 0 fully saturated rings. The highest BCUT2D eigenvalue weighted by Gasteiger charge is 2.13. The van der Waals surface area contributed by atoms with E-state index in [-0.39, 0.29) is 17.3 Å². The van der Waals surface area contributed by atoms with Crippen molar-refractivity contribution in [2.45, 2.75) is 19.3 Å². The summed E-state index contributed by atoms with van der Waals surface area (Å²) in [6, 6.07) is 22.7. The fraction of sp³-hybridized carbons (Fsp3) is 0.111. The molecule has 0 aromatic heterocycles. The van der Waals surface area contributed by atoms with Crippen LogP contribution in [0.2, 0.25) is 0 Å². The van der Waals surface area contributed by atoms with Gasteiger partial charge in [-0.25, -0.2) is 0 Å². The summed E-state index contributed by atoms with van der Waals surface area (Å²) in [6.45, 7) is 2.07. The van der Waals surface area contributed by atoms with Gasteiger partial charge in [-0.1, -0.05) is 19.1 Å². The lowest BCUT2D eigenvalue weighted by molar-refractivity contribution is -0.385. The number of hydrogen-bond donors (Lipinski definition) is 2. The number of rotatable bonds is 9. The Bertz CT molecular complexity index is 1440. The predicted molar refractivity (Wildman–Crippen MR) is 140 cm³/mol. The number of nitrogens with zero attached hydrogens (tertiary/aromatic N) is 2. The molecule has 0 saturated carbocycles. The van der Waals surface area contributed by atoms with Crippen molar-refractivity contribution in [3.63, 3.8) is 0 Å². The van der Waals surface area contributed by atoms with Crippen molar-refractivity contribution >= 4 is 22.7 Å². The van der Waals surface area contributed by atoms with Crippen molar-refractivity contribution in [1.29, 1.82) is 0 Å². The summed E-state index contributed by atoms with van der Waals surface area (Å²) < 4.78 is 11.6. The number of ether oxygens (including phenoxy) is 2. The van der Waals surface area contributed by atoms with Gasteiger partial charge in [0.15, 0.2) is 0 Å². The molecule has 1 unspecified atom stereocenters. The third kappa shape index (κ3) is 6.12. The van der Waals surface area contributed by atoms with E-state index in [0.29, 0.717) is 40.8 Å². The minimum absolute atomic E-state index is 0.0174. The molecule has 37 heavy (non-hydrogen) atoms. The highest BCUT2D eigenvalue weighted by Crippen LogP contribution is 2.34. The number of nitro groups is 2. The Hall–Kier alpha value is -5.12. The van der Waals surface area contributed by atoms with Crippen molar-refractivity contribution < 1.29 is 19.3 Å². The molecule has 0 aliphatic rings. The Morgan fingerprint density at radius 3 is 1.59 bits per heavy atom. The first-order chi connectivity index (χ1) is 17.7. The first-order valence-electron chi connectivity index (χ1n) is 11.3. The van der Waals surface area contributed by atoms with Gasteiger partial charge in [0.05, 0.1) is 21.2 Å². The third-order valence-corrected chi connectivity index (χ3v) is 5.77. The van der Waals surface area contributed by atoms with Gasteiger partial charge >= 0.3 is 0 Å². The monoisotopic (exact) mass is 500 g/mol. The van der Waals surface area contributed by atoms with E-state index in [1.165, 1.54) is 48.5 Å².